The minimum absolute atomic E-state index is 0.0991. The third-order valence-corrected chi connectivity index (χ3v) is 4.64. The molecule has 0 spiro atoms. The first-order valence-corrected chi connectivity index (χ1v) is 7.08. The van der Waals surface area contributed by atoms with Crippen molar-refractivity contribution in [3.63, 3.8) is 0 Å². The third-order valence-electron chi connectivity index (χ3n) is 4.64. The van der Waals surface area contributed by atoms with Crippen molar-refractivity contribution in [3.8, 4) is 0 Å². The Morgan fingerprint density at radius 2 is 1.82 bits per heavy atom. The van der Waals surface area contributed by atoms with Crippen LogP contribution in [0.15, 0.2) is 0 Å². The van der Waals surface area contributed by atoms with Gasteiger partial charge in [-0.25, -0.2) is 0 Å². The lowest BCUT2D eigenvalue weighted by molar-refractivity contribution is -0.128. The van der Waals surface area contributed by atoms with E-state index in [2.05, 4.69) is 12.2 Å². The van der Waals surface area contributed by atoms with Gasteiger partial charge < -0.3 is 10.4 Å². The van der Waals surface area contributed by atoms with Crippen LogP contribution < -0.4 is 5.32 Å². The van der Waals surface area contributed by atoms with Gasteiger partial charge in [0.2, 0.25) is 5.91 Å². The standard InChI is InChI=1S/C14H25NO2/c1-11-4-6-12(7-5-11)13(17)15-14(10-16)8-2-3-9-14/h11-12,16H,2-10H2,1H3,(H,15,17). The van der Waals surface area contributed by atoms with E-state index in [9.17, 15) is 9.90 Å². The Bertz CT molecular complexity index is 263. The predicted octanol–water partition coefficient (Wildman–Crippen LogP) is 2.23. The molecule has 0 saturated heterocycles. The van der Waals surface area contributed by atoms with Crippen LogP contribution in [0.25, 0.3) is 0 Å². The third kappa shape index (κ3) is 3.01. The highest BCUT2D eigenvalue weighted by molar-refractivity contribution is 5.79. The van der Waals surface area contributed by atoms with Gasteiger partial charge in [-0.3, -0.25) is 4.79 Å². The predicted molar refractivity (Wildman–Crippen MR) is 67.5 cm³/mol. The van der Waals surface area contributed by atoms with Gasteiger partial charge in [-0.1, -0.05) is 19.8 Å². The molecule has 98 valence electrons. The normalized spacial score (nSPS) is 32.4. The summed E-state index contributed by atoms with van der Waals surface area (Å²) in [6.07, 6.45) is 8.53. The van der Waals surface area contributed by atoms with Gasteiger partial charge in [0.05, 0.1) is 12.1 Å². The lowest BCUT2D eigenvalue weighted by atomic mass is 9.82. The molecule has 0 aliphatic heterocycles. The number of carbonyl (C=O) groups excluding carboxylic acids is 1. The van der Waals surface area contributed by atoms with Gasteiger partial charge in [-0.2, -0.15) is 0 Å². The molecule has 0 aromatic rings. The summed E-state index contributed by atoms with van der Waals surface area (Å²) in [5, 5.41) is 12.6. The molecule has 17 heavy (non-hydrogen) atoms. The van der Waals surface area contributed by atoms with Gasteiger partial charge in [-0.05, 0) is 44.4 Å². The number of hydrogen-bond acceptors (Lipinski definition) is 2. The monoisotopic (exact) mass is 239 g/mol. The summed E-state index contributed by atoms with van der Waals surface area (Å²) in [4.78, 5) is 12.2. The lowest BCUT2D eigenvalue weighted by Gasteiger charge is -2.32. The maximum Gasteiger partial charge on any atom is 0.223 e. The summed E-state index contributed by atoms with van der Waals surface area (Å²) in [5.74, 6) is 1.15. The summed E-state index contributed by atoms with van der Waals surface area (Å²) < 4.78 is 0. The van der Waals surface area contributed by atoms with Crippen molar-refractivity contribution in [3.05, 3.63) is 0 Å². The smallest absolute Gasteiger partial charge is 0.223 e. The first-order chi connectivity index (χ1) is 8.15. The molecule has 1 amide bonds. The van der Waals surface area contributed by atoms with Crippen LogP contribution in [-0.4, -0.2) is 23.2 Å². The fourth-order valence-corrected chi connectivity index (χ4v) is 3.26. The lowest BCUT2D eigenvalue weighted by Crippen LogP contribution is -2.51. The molecule has 2 saturated carbocycles. The first kappa shape index (κ1) is 12.9. The Balaban J connectivity index is 1.87. The van der Waals surface area contributed by atoms with Gasteiger partial charge in [0.25, 0.3) is 0 Å². The maximum atomic E-state index is 12.2. The highest BCUT2D eigenvalue weighted by atomic mass is 16.3. The van der Waals surface area contributed by atoms with Crippen molar-refractivity contribution < 1.29 is 9.90 Å². The van der Waals surface area contributed by atoms with E-state index in [1.807, 2.05) is 0 Å². The Hall–Kier alpha value is -0.570. The van der Waals surface area contributed by atoms with Gasteiger partial charge in [-0.15, -0.1) is 0 Å². The molecule has 2 aliphatic rings. The summed E-state index contributed by atoms with van der Waals surface area (Å²) in [6, 6.07) is 0. The molecule has 0 unspecified atom stereocenters. The molecule has 0 aromatic carbocycles. The first-order valence-electron chi connectivity index (χ1n) is 7.08. The van der Waals surface area contributed by atoms with E-state index in [0.29, 0.717) is 0 Å². The van der Waals surface area contributed by atoms with E-state index in [0.717, 1.165) is 44.4 Å². The molecule has 0 atom stereocenters. The minimum atomic E-state index is -0.292. The maximum absolute atomic E-state index is 12.2. The van der Waals surface area contributed by atoms with Crippen LogP contribution in [0.5, 0.6) is 0 Å². The summed E-state index contributed by atoms with van der Waals surface area (Å²) in [6.45, 7) is 2.36. The van der Waals surface area contributed by atoms with Crippen LogP contribution in [0.2, 0.25) is 0 Å². The van der Waals surface area contributed by atoms with Crippen molar-refractivity contribution in [2.24, 2.45) is 11.8 Å². The molecular formula is C14H25NO2. The average Bonchev–Trinajstić information content (AvgIpc) is 2.79. The van der Waals surface area contributed by atoms with E-state index < -0.39 is 0 Å². The van der Waals surface area contributed by atoms with Crippen LogP contribution in [0.3, 0.4) is 0 Å². The summed E-state index contributed by atoms with van der Waals surface area (Å²) in [5.41, 5.74) is -0.292. The molecule has 0 aromatic heterocycles. The van der Waals surface area contributed by atoms with Gasteiger partial charge in [0, 0.05) is 5.92 Å². The number of rotatable bonds is 3. The zero-order valence-electron chi connectivity index (χ0n) is 10.9. The van der Waals surface area contributed by atoms with E-state index in [-0.39, 0.29) is 24.0 Å². The molecule has 3 nitrogen and oxygen atoms in total. The molecule has 0 bridgehead atoms. The van der Waals surface area contributed by atoms with Gasteiger partial charge in [0.1, 0.15) is 0 Å². The summed E-state index contributed by atoms with van der Waals surface area (Å²) in [7, 11) is 0. The number of hydrogen-bond donors (Lipinski definition) is 2. The van der Waals surface area contributed by atoms with Crippen LogP contribution in [-0.2, 0) is 4.79 Å². The highest BCUT2D eigenvalue weighted by Gasteiger charge is 2.36. The molecule has 0 radical (unpaired) electrons. The SMILES string of the molecule is CC1CCC(C(=O)NC2(CO)CCCC2)CC1. The van der Waals surface area contributed by atoms with Crippen LogP contribution in [0.1, 0.15) is 58.3 Å². The Labute approximate surface area is 104 Å². The Morgan fingerprint density at radius 3 is 2.35 bits per heavy atom. The minimum Gasteiger partial charge on any atom is -0.394 e. The number of aliphatic hydroxyl groups excluding tert-OH is 1. The molecule has 3 heteroatoms. The Kier molecular flexibility index (Phi) is 4.08. The zero-order valence-corrected chi connectivity index (χ0v) is 10.9. The second-order valence-electron chi connectivity index (χ2n) is 6.09. The highest BCUT2D eigenvalue weighted by Crippen LogP contribution is 2.32. The molecule has 2 rings (SSSR count). The van der Waals surface area contributed by atoms with Crippen molar-refractivity contribution in [2.75, 3.05) is 6.61 Å². The van der Waals surface area contributed by atoms with Crippen LogP contribution >= 0.6 is 0 Å². The molecular weight excluding hydrogens is 214 g/mol. The number of carbonyl (C=O) groups is 1. The van der Waals surface area contributed by atoms with Crippen LogP contribution in [0, 0.1) is 11.8 Å². The van der Waals surface area contributed by atoms with E-state index in [1.165, 1.54) is 12.8 Å². The van der Waals surface area contributed by atoms with Gasteiger partial charge >= 0.3 is 0 Å². The molecule has 2 N–H and O–H groups in total. The van der Waals surface area contributed by atoms with Gasteiger partial charge in [0.15, 0.2) is 0 Å². The number of aliphatic hydroxyl groups is 1. The second kappa shape index (κ2) is 5.38. The second-order valence-corrected chi connectivity index (χ2v) is 6.09. The number of amides is 1. The summed E-state index contributed by atoms with van der Waals surface area (Å²) >= 11 is 0. The molecule has 2 fully saturated rings. The van der Waals surface area contributed by atoms with Crippen molar-refractivity contribution in [1.82, 2.24) is 5.32 Å². The zero-order chi connectivity index (χ0) is 12.3. The quantitative estimate of drug-likeness (QED) is 0.793. The molecule has 0 heterocycles. The number of nitrogens with one attached hydrogen (secondary N) is 1. The fraction of sp³-hybridized carbons (Fsp3) is 0.929. The van der Waals surface area contributed by atoms with Crippen LogP contribution in [0.4, 0.5) is 0 Å². The largest absolute Gasteiger partial charge is 0.394 e. The van der Waals surface area contributed by atoms with Crippen molar-refractivity contribution >= 4 is 5.91 Å². The van der Waals surface area contributed by atoms with E-state index in [4.69, 9.17) is 0 Å². The van der Waals surface area contributed by atoms with Crippen molar-refractivity contribution in [2.45, 2.75) is 63.8 Å². The molecule has 2 aliphatic carbocycles. The average molecular weight is 239 g/mol. The van der Waals surface area contributed by atoms with Crippen molar-refractivity contribution in [1.29, 1.82) is 0 Å². The van der Waals surface area contributed by atoms with E-state index in [1.54, 1.807) is 0 Å². The van der Waals surface area contributed by atoms with E-state index >= 15 is 0 Å². The Morgan fingerprint density at radius 1 is 1.24 bits per heavy atom. The topological polar surface area (TPSA) is 49.3 Å². The fourth-order valence-electron chi connectivity index (χ4n) is 3.26.